The first kappa shape index (κ1) is 9.17. The topological polar surface area (TPSA) is 63.3 Å². The van der Waals surface area contributed by atoms with Gasteiger partial charge in [-0.2, -0.15) is 0 Å². The molecule has 0 aliphatic rings. The quantitative estimate of drug-likeness (QED) is 0.573. The molecule has 0 fully saturated rings. The molecule has 0 aromatic heterocycles. The Kier molecular flexibility index (Phi) is 3.72. The molecule has 0 aliphatic heterocycles. The molecule has 0 radical (unpaired) electrons. The lowest BCUT2D eigenvalue weighted by molar-refractivity contribution is -0.137. The number of rotatable bonds is 3. The van der Waals surface area contributed by atoms with Crippen LogP contribution in [0.4, 0.5) is 0 Å². The minimum Gasteiger partial charge on any atom is -0.481 e. The number of carboxylic acids is 1. The lowest BCUT2D eigenvalue weighted by Gasteiger charge is -2.01. The highest BCUT2D eigenvalue weighted by Crippen LogP contribution is 1.95. The zero-order valence-corrected chi connectivity index (χ0v) is 6.29. The van der Waals surface area contributed by atoms with Crippen molar-refractivity contribution in [1.82, 2.24) is 0 Å². The van der Waals surface area contributed by atoms with E-state index in [0.29, 0.717) is 0 Å². The summed E-state index contributed by atoms with van der Waals surface area (Å²) in [6.07, 6.45) is 1.75. The van der Waals surface area contributed by atoms with Gasteiger partial charge in [-0.05, 0) is 13.8 Å². The molecule has 3 N–H and O–H groups in total. The molecular formula is C7H13NO2. The summed E-state index contributed by atoms with van der Waals surface area (Å²) in [7, 11) is 0. The van der Waals surface area contributed by atoms with Crippen molar-refractivity contribution in [2.75, 3.05) is 0 Å². The van der Waals surface area contributed by atoms with Crippen molar-refractivity contribution in [3.63, 3.8) is 0 Å². The third-order valence-electron chi connectivity index (χ3n) is 0.958. The van der Waals surface area contributed by atoms with Crippen molar-refractivity contribution < 1.29 is 9.90 Å². The van der Waals surface area contributed by atoms with E-state index in [1.807, 2.05) is 13.8 Å². The van der Waals surface area contributed by atoms with Gasteiger partial charge in [0.05, 0.1) is 6.42 Å². The first-order valence-electron chi connectivity index (χ1n) is 3.14. The van der Waals surface area contributed by atoms with Gasteiger partial charge in [0.25, 0.3) is 0 Å². The minimum atomic E-state index is -0.856. The second kappa shape index (κ2) is 4.06. The van der Waals surface area contributed by atoms with Crippen molar-refractivity contribution >= 4 is 5.97 Å². The van der Waals surface area contributed by atoms with Crippen molar-refractivity contribution in [3.05, 3.63) is 11.6 Å². The first-order valence-corrected chi connectivity index (χ1v) is 3.14. The third-order valence-corrected chi connectivity index (χ3v) is 0.958. The van der Waals surface area contributed by atoms with Crippen LogP contribution in [0, 0.1) is 0 Å². The zero-order chi connectivity index (χ0) is 8.15. The molecule has 0 aliphatic carbocycles. The fourth-order valence-corrected chi connectivity index (χ4v) is 0.689. The normalized spacial score (nSPS) is 12.3. The fourth-order valence-electron chi connectivity index (χ4n) is 0.689. The number of carbonyl (C=O) groups is 1. The van der Waals surface area contributed by atoms with E-state index in [2.05, 4.69) is 0 Å². The van der Waals surface area contributed by atoms with Crippen LogP contribution in [0.25, 0.3) is 0 Å². The smallest absolute Gasteiger partial charge is 0.305 e. The maximum atomic E-state index is 10.1. The monoisotopic (exact) mass is 143 g/mol. The van der Waals surface area contributed by atoms with Crippen LogP contribution in [0.15, 0.2) is 11.6 Å². The van der Waals surface area contributed by atoms with Crippen LogP contribution in [0.2, 0.25) is 0 Å². The molecule has 0 spiro atoms. The molecular weight excluding hydrogens is 130 g/mol. The second-order valence-electron chi connectivity index (χ2n) is 2.51. The van der Waals surface area contributed by atoms with Gasteiger partial charge in [0.15, 0.2) is 0 Å². The highest BCUT2D eigenvalue weighted by Gasteiger charge is 2.03. The summed E-state index contributed by atoms with van der Waals surface area (Å²) in [5, 5.41) is 8.29. The summed E-state index contributed by atoms with van der Waals surface area (Å²) in [4.78, 5) is 10.1. The van der Waals surface area contributed by atoms with E-state index in [-0.39, 0.29) is 12.5 Å². The molecule has 0 aromatic rings. The van der Waals surface area contributed by atoms with Crippen LogP contribution in [0.5, 0.6) is 0 Å². The Labute approximate surface area is 60.5 Å². The van der Waals surface area contributed by atoms with Gasteiger partial charge >= 0.3 is 5.97 Å². The van der Waals surface area contributed by atoms with Crippen molar-refractivity contribution in [2.24, 2.45) is 5.73 Å². The highest BCUT2D eigenvalue weighted by molar-refractivity contribution is 5.67. The Bertz CT molecular complexity index is 148. The summed E-state index contributed by atoms with van der Waals surface area (Å²) in [5.41, 5.74) is 6.47. The van der Waals surface area contributed by atoms with E-state index in [9.17, 15) is 4.79 Å². The van der Waals surface area contributed by atoms with Crippen LogP contribution in [0.1, 0.15) is 20.3 Å². The summed E-state index contributed by atoms with van der Waals surface area (Å²) in [6.45, 7) is 3.78. The Balaban J connectivity index is 3.75. The average Bonchev–Trinajstić information content (AvgIpc) is 1.58. The van der Waals surface area contributed by atoms with Crippen LogP contribution in [-0.4, -0.2) is 17.1 Å². The summed E-state index contributed by atoms with van der Waals surface area (Å²) < 4.78 is 0. The molecule has 0 saturated carbocycles. The first-order chi connectivity index (χ1) is 4.52. The summed E-state index contributed by atoms with van der Waals surface area (Å²) in [6, 6.07) is -0.345. The average molecular weight is 143 g/mol. The molecule has 1 atom stereocenters. The molecule has 0 amide bonds. The second-order valence-corrected chi connectivity index (χ2v) is 2.51. The van der Waals surface area contributed by atoms with Gasteiger partial charge in [-0.25, -0.2) is 0 Å². The summed E-state index contributed by atoms with van der Waals surface area (Å²) in [5.74, 6) is -0.856. The molecule has 0 aromatic carbocycles. The fraction of sp³-hybridized carbons (Fsp3) is 0.571. The highest BCUT2D eigenvalue weighted by atomic mass is 16.4. The van der Waals surface area contributed by atoms with Gasteiger partial charge in [0, 0.05) is 6.04 Å². The molecule has 10 heavy (non-hydrogen) atoms. The van der Waals surface area contributed by atoms with Gasteiger partial charge in [-0.15, -0.1) is 0 Å². The van der Waals surface area contributed by atoms with E-state index in [1.165, 1.54) is 0 Å². The van der Waals surface area contributed by atoms with Crippen LogP contribution < -0.4 is 5.73 Å². The van der Waals surface area contributed by atoms with E-state index in [1.54, 1.807) is 6.08 Å². The summed E-state index contributed by atoms with van der Waals surface area (Å²) >= 11 is 0. The van der Waals surface area contributed by atoms with Gasteiger partial charge < -0.3 is 10.8 Å². The molecule has 0 heterocycles. The maximum absolute atomic E-state index is 10.1. The molecule has 3 heteroatoms. The predicted octanol–water partition coefficient (Wildman–Crippen LogP) is 0.755. The standard InChI is InChI=1S/C7H13NO2/c1-5(2)3-6(8)4-7(9)10/h3,6H,4,8H2,1-2H3,(H,9,10). The Morgan fingerprint density at radius 2 is 2.20 bits per heavy atom. The van der Waals surface area contributed by atoms with Crippen molar-refractivity contribution in [3.8, 4) is 0 Å². The SMILES string of the molecule is CC(C)=CC(N)CC(=O)O. The van der Waals surface area contributed by atoms with E-state index in [4.69, 9.17) is 10.8 Å². The molecule has 0 saturated heterocycles. The van der Waals surface area contributed by atoms with Crippen LogP contribution in [-0.2, 0) is 4.79 Å². The number of nitrogens with two attached hydrogens (primary N) is 1. The lowest BCUT2D eigenvalue weighted by Crippen LogP contribution is -2.21. The van der Waals surface area contributed by atoms with Gasteiger partial charge in [-0.1, -0.05) is 11.6 Å². The van der Waals surface area contributed by atoms with Gasteiger partial charge in [-0.3, -0.25) is 4.79 Å². The number of hydrogen-bond acceptors (Lipinski definition) is 2. The molecule has 3 nitrogen and oxygen atoms in total. The van der Waals surface area contributed by atoms with E-state index < -0.39 is 5.97 Å². The van der Waals surface area contributed by atoms with Crippen LogP contribution >= 0.6 is 0 Å². The minimum absolute atomic E-state index is 0.00514. The molecule has 58 valence electrons. The van der Waals surface area contributed by atoms with E-state index in [0.717, 1.165) is 5.57 Å². The maximum Gasteiger partial charge on any atom is 0.305 e. The van der Waals surface area contributed by atoms with Crippen molar-refractivity contribution in [1.29, 1.82) is 0 Å². The lowest BCUT2D eigenvalue weighted by atomic mass is 10.1. The molecule has 0 bridgehead atoms. The predicted molar refractivity (Wildman–Crippen MR) is 39.7 cm³/mol. The third kappa shape index (κ3) is 5.31. The molecule has 1 unspecified atom stereocenters. The Morgan fingerprint density at radius 3 is 2.50 bits per heavy atom. The Hall–Kier alpha value is -0.830. The van der Waals surface area contributed by atoms with Crippen LogP contribution in [0.3, 0.4) is 0 Å². The largest absolute Gasteiger partial charge is 0.481 e. The Morgan fingerprint density at radius 1 is 1.70 bits per heavy atom. The van der Waals surface area contributed by atoms with Gasteiger partial charge in [0.1, 0.15) is 0 Å². The zero-order valence-electron chi connectivity index (χ0n) is 6.29. The van der Waals surface area contributed by atoms with Gasteiger partial charge in [0.2, 0.25) is 0 Å². The number of carboxylic acid groups (broad SMARTS) is 1. The number of aliphatic carboxylic acids is 1. The number of allylic oxidation sites excluding steroid dienone is 1. The van der Waals surface area contributed by atoms with Crippen molar-refractivity contribution in [2.45, 2.75) is 26.3 Å². The number of hydrogen-bond donors (Lipinski definition) is 2. The van der Waals surface area contributed by atoms with E-state index >= 15 is 0 Å². The molecule has 0 rings (SSSR count).